The SMILES string of the molecule is CS(=O)(=O)OC1CCC(N2C(=O)c3ccccc3C2=O)CC1.O=C1c2ccccc2C(=O)N1C1CCC(O)CC1.[HH]. The summed E-state index contributed by atoms with van der Waals surface area (Å²) in [6.45, 7) is 0. The van der Waals surface area contributed by atoms with E-state index in [1.165, 1.54) is 9.80 Å². The van der Waals surface area contributed by atoms with Crippen molar-refractivity contribution in [2.45, 2.75) is 75.7 Å². The highest BCUT2D eigenvalue weighted by molar-refractivity contribution is 7.86. The van der Waals surface area contributed by atoms with Gasteiger partial charge in [-0.15, -0.1) is 0 Å². The highest BCUT2D eigenvalue weighted by Gasteiger charge is 2.42. The van der Waals surface area contributed by atoms with Gasteiger partial charge in [-0.25, -0.2) is 0 Å². The molecule has 214 valence electrons. The molecular formula is C29H34N2O8S. The molecule has 0 spiro atoms. The molecule has 2 aliphatic heterocycles. The summed E-state index contributed by atoms with van der Waals surface area (Å²) >= 11 is 0. The maximum Gasteiger partial charge on any atom is 0.264 e. The van der Waals surface area contributed by atoms with Crippen LogP contribution in [0.5, 0.6) is 0 Å². The fraction of sp³-hybridized carbons (Fsp3) is 0.448. The monoisotopic (exact) mass is 570 g/mol. The van der Waals surface area contributed by atoms with Gasteiger partial charge in [0, 0.05) is 13.5 Å². The minimum absolute atomic E-state index is 0. The van der Waals surface area contributed by atoms with E-state index in [2.05, 4.69) is 0 Å². The van der Waals surface area contributed by atoms with Gasteiger partial charge in [0.2, 0.25) is 0 Å². The smallest absolute Gasteiger partial charge is 0.264 e. The third-order valence-electron chi connectivity index (χ3n) is 8.00. The zero-order valence-corrected chi connectivity index (χ0v) is 23.0. The normalized spacial score (nSPS) is 26.4. The molecule has 2 aliphatic carbocycles. The number of imide groups is 2. The minimum Gasteiger partial charge on any atom is -0.393 e. The van der Waals surface area contributed by atoms with Crippen molar-refractivity contribution in [2.24, 2.45) is 0 Å². The molecular weight excluding hydrogens is 536 g/mol. The van der Waals surface area contributed by atoms with Crippen LogP contribution in [0.2, 0.25) is 0 Å². The molecule has 0 atom stereocenters. The Morgan fingerprint density at radius 1 is 0.650 bits per heavy atom. The van der Waals surface area contributed by atoms with E-state index in [9.17, 15) is 32.7 Å². The lowest BCUT2D eigenvalue weighted by Crippen LogP contribution is -2.43. The largest absolute Gasteiger partial charge is 0.393 e. The van der Waals surface area contributed by atoms with Crippen LogP contribution < -0.4 is 0 Å². The van der Waals surface area contributed by atoms with Crippen molar-refractivity contribution in [1.82, 2.24) is 9.80 Å². The number of hydrogen-bond donors (Lipinski definition) is 1. The van der Waals surface area contributed by atoms with Crippen molar-refractivity contribution in [3.63, 3.8) is 0 Å². The van der Waals surface area contributed by atoms with E-state index < -0.39 is 10.1 Å². The summed E-state index contributed by atoms with van der Waals surface area (Å²) in [4.78, 5) is 52.0. The van der Waals surface area contributed by atoms with E-state index in [-0.39, 0.29) is 49.3 Å². The molecule has 0 radical (unpaired) electrons. The van der Waals surface area contributed by atoms with Crippen LogP contribution in [0.15, 0.2) is 48.5 Å². The zero-order chi connectivity index (χ0) is 28.6. The van der Waals surface area contributed by atoms with Crippen molar-refractivity contribution in [3.8, 4) is 0 Å². The van der Waals surface area contributed by atoms with Crippen LogP contribution in [0, 0.1) is 0 Å². The Kier molecular flexibility index (Phi) is 7.89. The molecule has 2 aromatic carbocycles. The third kappa shape index (κ3) is 5.59. The van der Waals surface area contributed by atoms with Crippen molar-refractivity contribution in [2.75, 3.05) is 6.26 Å². The number of aliphatic hydroxyl groups excluding tert-OH is 1. The molecule has 4 aliphatic rings. The molecule has 2 aromatic rings. The standard InChI is InChI=1S/C15H17NO5S.C14H15NO3.H2/c1-22(19,20)21-11-8-6-10(7-9-11)16-14(17)12-4-2-3-5-13(12)15(16)18;16-10-7-5-9(6-8-10)15-13(17)11-3-1-2-4-12(11)14(15)18;/h2-5,10-11H,6-9H2,1H3;1-4,9-10,16H,5-8H2;1H. The number of hydrogen-bond acceptors (Lipinski definition) is 8. The Morgan fingerprint density at radius 3 is 1.30 bits per heavy atom. The zero-order valence-electron chi connectivity index (χ0n) is 22.2. The number of aliphatic hydroxyl groups is 1. The highest BCUT2D eigenvalue weighted by atomic mass is 32.2. The number of rotatable bonds is 4. The third-order valence-corrected chi connectivity index (χ3v) is 8.62. The fourth-order valence-electron chi connectivity index (χ4n) is 6.04. The molecule has 4 amide bonds. The van der Waals surface area contributed by atoms with Crippen LogP contribution in [-0.4, -0.2) is 77.5 Å². The van der Waals surface area contributed by atoms with E-state index >= 15 is 0 Å². The topological polar surface area (TPSA) is 138 Å². The Hall–Kier alpha value is -3.41. The molecule has 11 heteroatoms. The number of fused-ring (bicyclic) bond motifs is 2. The summed E-state index contributed by atoms with van der Waals surface area (Å²) < 4.78 is 27.3. The fourth-order valence-corrected chi connectivity index (χ4v) is 6.73. The summed E-state index contributed by atoms with van der Waals surface area (Å²) in [5.41, 5.74) is 1.91. The van der Waals surface area contributed by atoms with Gasteiger partial charge in [-0.1, -0.05) is 24.3 Å². The molecule has 6 rings (SSSR count). The Morgan fingerprint density at radius 2 is 0.975 bits per heavy atom. The predicted molar refractivity (Wildman–Crippen MR) is 146 cm³/mol. The Balaban J connectivity index is 0.000000188. The Labute approximate surface area is 234 Å². The van der Waals surface area contributed by atoms with Gasteiger partial charge in [-0.05, 0) is 75.6 Å². The maximum absolute atomic E-state index is 12.4. The first-order valence-electron chi connectivity index (χ1n) is 13.6. The summed E-state index contributed by atoms with van der Waals surface area (Å²) in [5, 5.41) is 9.49. The number of benzene rings is 2. The molecule has 0 bridgehead atoms. The molecule has 2 saturated carbocycles. The number of amides is 4. The summed E-state index contributed by atoms with van der Waals surface area (Å²) in [6.07, 6.45) is 5.28. The van der Waals surface area contributed by atoms with E-state index in [1.54, 1.807) is 48.5 Å². The summed E-state index contributed by atoms with van der Waals surface area (Å²) in [7, 11) is -3.47. The lowest BCUT2D eigenvalue weighted by atomic mass is 9.92. The van der Waals surface area contributed by atoms with Gasteiger partial charge in [-0.3, -0.25) is 33.2 Å². The van der Waals surface area contributed by atoms with Crippen molar-refractivity contribution in [3.05, 3.63) is 70.8 Å². The number of carbonyl (C=O) groups excluding carboxylic acids is 4. The van der Waals surface area contributed by atoms with Crippen molar-refractivity contribution < 1.29 is 38.3 Å². The molecule has 2 heterocycles. The molecule has 10 nitrogen and oxygen atoms in total. The van der Waals surface area contributed by atoms with Crippen LogP contribution in [0.3, 0.4) is 0 Å². The average molecular weight is 571 g/mol. The second-order valence-corrected chi connectivity index (χ2v) is 12.3. The van der Waals surface area contributed by atoms with Crippen molar-refractivity contribution in [1.29, 1.82) is 0 Å². The van der Waals surface area contributed by atoms with Crippen LogP contribution >= 0.6 is 0 Å². The lowest BCUT2D eigenvalue weighted by Gasteiger charge is -2.32. The number of carbonyl (C=O) groups is 4. The van der Waals surface area contributed by atoms with Crippen LogP contribution in [-0.2, 0) is 14.3 Å². The second-order valence-electron chi connectivity index (χ2n) is 10.7. The van der Waals surface area contributed by atoms with Crippen LogP contribution in [0.25, 0.3) is 0 Å². The van der Waals surface area contributed by atoms with Gasteiger partial charge in [0.1, 0.15) is 0 Å². The summed E-state index contributed by atoms with van der Waals surface area (Å²) in [6, 6.07) is 13.5. The first kappa shape index (κ1) is 28.1. The average Bonchev–Trinajstić information content (AvgIpc) is 3.34. The molecule has 40 heavy (non-hydrogen) atoms. The van der Waals surface area contributed by atoms with Crippen molar-refractivity contribution >= 4 is 33.7 Å². The maximum atomic E-state index is 12.4. The lowest BCUT2D eigenvalue weighted by molar-refractivity contribution is 0.0447. The second kappa shape index (κ2) is 11.2. The first-order valence-corrected chi connectivity index (χ1v) is 15.4. The predicted octanol–water partition coefficient (Wildman–Crippen LogP) is 3.40. The Bertz CT molecular complexity index is 1380. The van der Waals surface area contributed by atoms with Crippen LogP contribution in [0.4, 0.5) is 0 Å². The van der Waals surface area contributed by atoms with Gasteiger partial charge in [0.25, 0.3) is 33.7 Å². The first-order chi connectivity index (χ1) is 19.0. The van der Waals surface area contributed by atoms with Gasteiger partial charge in [0.15, 0.2) is 0 Å². The van der Waals surface area contributed by atoms with Gasteiger partial charge >= 0.3 is 0 Å². The molecule has 0 aromatic heterocycles. The van der Waals surface area contributed by atoms with E-state index in [1.807, 2.05) is 0 Å². The van der Waals surface area contributed by atoms with E-state index in [4.69, 9.17) is 4.18 Å². The highest BCUT2D eigenvalue weighted by Crippen LogP contribution is 2.33. The van der Waals surface area contributed by atoms with E-state index in [0.29, 0.717) is 73.6 Å². The molecule has 0 saturated heterocycles. The van der Waals surface area contributed by atoms with Gasteiger partial charge < -0.3 is 5.11 Å². The van der Waals surface area contributed by atoms with Crippen LogP contribution in [0.1, 0.15) is 94.2 Å². The quantitative estimate of drug-likeness (QED) is 0.436. The number of nitrogens with zero attached hydrogens (tertiary/aromatic N) is 2. The minimum atomic E-state index is -3.47. The summed E-state index contributed by atoms with van der Waals surface area (Å²) in [5.74, 6) is -0.879. The molecule has 1 N–H and O–H groups in total. The van der Waals surface area contributed by atoms with E-state index in [0.717, 1.165) is 6.26 Å². The molecule has 2 fully saturated rings. The van der Waals surface area contributed by atoms with Gasteiger partial charge in [0.05, 0.1) is 40.7 Å². The molecule has 0 unspecified atom stereocenters. The van der Waals surface area contributed by atoms with Gasteiger partial charge in [-0.2, -0.15) is 8.42 Å².